The van der Waals surface area contributed by atoms with E-state index in [0.717, 1.165) is 16.2 Å². The molecule has 4 rings (SSSR count). The number of aromatic nitrogens is 1. The lowest BCUT2D eigenvalue weighted by molar-refractivity contribution is -0.146. The summed E-state index contributed by atoms with van der Waals surface area (Å²) in [5, 5.41) is 17.1. The molecule has 180 valence electrons. The van der Waals surface area contributed by atoms with E-state index in [2.05, 4.69) is 15.6 Å². The summed E-state index contributed by atoms with van der Waals surface area (Å²) < 4.78 is 0. The number of thioether (sulfide) groups is 1. The molecule has 1 aromatic heterocycles. The van der Waals surface area contributed by atoms with Crippen molar-refractivity contribution in [2.24, 2.45) is 11.8 Å². The number of hydrogen-bond donors (Lipinski definition) is 3. The first-order chi connectivity index (χ1) is 16.9. The van der Waals surface area contributed by atoms with Crippen LogP contribution in [0.25, 0.3) is 0 Å². The molecule has 0 fully saturated rings. The van der Waals surface area contributed by atoms with Gasteiger partial charge in [0.25, 0.3) is 0 Å². The van der Waals surface area contributed by atoms with E-state index in [1.165, 1.54) is 23.1 Å². The number of anilines is 2. The Morgan fingerprint density at radius 3 is 2.46 bits per heavy atom. The smallest absolute Gasteiger partial charge is 0.307 e. The summed E-state index contributed by atoms with van der Waals surface area (Å²) in [5.74, 6) is -2.84. The standard InChI is InChI=1S/C26H25N3O4S2/c1-16-15-34-26(27-16)29-24(31)22(17-8-3-2-4-9-17)35-19-11-7-10-18(14-19)28-23(30)20-12-5-6-13-21(20)25(32)33/h2-11,14-15,20-22H,12-13H2,1H3,(H,28,30)(H,32,33)(H,27,29,31). The second-order valence-electron chi connectivity index (χ2n) is 8.20. The molecule has 3 unspecified atom stereocenters. The highest BCUT2D eigenvalue weighted by Gasteiger charge is 2.34. The third kappa shape index (κ3) is 6.37. The van der Waals surface area contributed by atoms with Gasteiger partial charge >= 0.3 is 5.97 Å². The predicted molar refractivity (Wildman–Crippen MR) is 139 cm³/mol. The lowest BCUT2D eigenvalue weighted by Gasteiger charge is -2.24. The number of carbonyl (C=O) groups is 3. The zero-order chi connectivity index (χ0) is 24.8. The number of carbonyl (C=O) groups excluding carboxylic acids is 2. The normalized spacial score (nSPS) is 18.0. The molecule has 0 spiro atoms. The minimum absolute atomic E-state index is 0.191. The molecule has 3 N–H and O–H groups in total. The van der Waals surface area contributed by atoms with Gasteiger partial charge in [0.05, 0.1) is 17.5 Å². The van der Waals surface area contributed by atoms with Crippen molar-refractivity contribution in [3.05, 3.63) is 83.4 Å². The molecule has 3 aromatic rings. The molecule has 2 aromatic carbocycles. The van der Waals surface area contributed by atoms with Crippen LogP contribution in [-0.4, -0.2) is 27.9 Å². The maximum Gasteiger partial charge on any atom is 0.307 e. The summed E-state index contributed by atoms with van der Waals surface area (Å²) in [6, 6.07) is 16.7. The Labute approximate surface area is 211 Å². The zero-order valence-electron chi connectivity index (χ0n) is 19.0. The number of rotatable bonds is 8. The van der Waals surface area contributed by atoms with Crippen molar-refractivity contribution in [1.29, 1.82) is 0 Å². The molecule has 0 bridgehead atoms. The first-order valence-corrected chi connectivity index (χ1v) is 12.9. The van der Waals surface area contributed by atoms with E-state index in [0.29, 0.717) is 23.7 Å². The molecular weight excluding hydrogens is 482 g/mol. The summed E-state index contributed by atoms with van der Waals surface area (Å²) >= 11 is 2.74. The molecule has 0 saturated heterocycles. The van der Waals surface area contributed by atoms with Crippen molar-refractivity contribution < 1.29 is 19.5 Å². The second kappa shape index (κ2) is 11.3. The summed E-state index contributed by atoms with van der Waals surface area (Å²) in [5.41, 5.74) is 2.24. The molecule has 1 aliphatic rings. The van der Waals surface area contributed by atoms with Crippen molar-refractivity contribution in [2.45, 2.75) is 29.9 Å². The molecule has 1 heterocycles. The monoisotopic (exact) mass is 507 g/mol. The van der Waals surface area contributed by atoms with Crippen molar-refractivity contribution in [2.75, 3.05) is 10.6 Å². The van der Waals surface area contributed by atoms with Gasteiger partial charge in [0.1, 0.15) is 5.25 Å². The highest BCUT2D eigenvalue weighted by atomic mass is 32.2. The predicted octanol–water partition coefficient (Wildman–Crippen LogP) is 5.53. The summed E-state index contributed by atoms with van der Waals surface area (Å²) in [6.07, 6.45) is 4.39. The summed E-state index contributed by atoms with van der Waals surface area (Å²) in [6.45, 7) is 1.87. The second-order valence-corrected chi connectivity index (χ2v) is 10.2. The van der Waals surface area contributed by atoms with Crippen molar-refractivity contribution in [3.8, 4) is 0 Å². The Bertz CT molecular complexity index is 1240. The fourth-order valence-corrected chi connectivity index (χ4v) is 5.65. The Morgan fingerprint density at radius 2 is 1.77 bits per heavy atom. The zero-order valence-corrected chi connectivity index (χ0v) is 20.6. The van der Waals surface area contributed by atoms with Gasteiger partial charge in [0.2, 0.25) is 11.8 Å². The number of aliphatic carboxylic acids is 1. The number of allylic oxidation sites excluding steroid dienone is 2. The van der Waals surface area contributed by atoms with Crippen LogP contribution in [0.3, 0.4) is 0 Å². The largest absolute Gasteiger partial charge is 0.481 e. The maximum absolute atomic E-state index is 13.2. The number of nitrogens with one attached hydrogen (secondary N) is 2. The van der Waals surface area contributed by atoms with Crippen LogP contribution >= 0.6 is 23.1 Å². The van der Waals surface area contributed by atoms with Crippen molar-refractivity contribution >= 4 is 51.7 Å². The number of carboxylic acid groups (broad SMARTS) is 1. The topological polar surface area (TPSA) is 108 Å². The Hall–Kier alpha value is -3.43. The van der Waals surface area contributed by atoms with E-state index < -0.39 is 23.1 Å². The first-order valence-electron chi connectivity index (χ1n) is 11.1. The Balaban J connectivity index is 1.51. The Morgan fingerprint density at radius 1 is 1.03 bits per heavy atom. The minimum atomic E-state index is -0.967. The van der Waals surface area contributed by atoms with Gasteiger partial charge in [-0.2, -0.15) is 0 Å². The van der Waals surface area contributed by atoms with Crippen LogP contribution in [0.4, 0.5) is 10.8 Å². The van der Waals surface area contributed by atoms with Crippen LogP contribution < -0.4 is 10.6 Å². The molecule has 1 aliphatic carbocycles. The quantitative estimate of drug-likeness (QED) is 0.273. The number of hydrogen-bond acceptors (Lipinski definition) is 6. The number of nitrogens with zero attached hydrogens (tertiary/aromatic N) is 1. The van der Waals surface area contributed by atoms with Gasteiger partial charge in [-0.25, -0.2) is 4.98 Å². The van der Waals surface area contributed by atoms with Gasteiger partial charge in [-0.05, 0) is 43.5 Å². The van der Waals surface area contributed by atoms with E-state index >= 15 is 0 Å². The summed E-state index contributed by atoms with van der Waals surface area (Å²) in [4.78, 5) is 42.8. The third-order valence-corrected chi connectivity index (χ3v) is 7.76. The minimum Gasteiger partial charge on any atom is -0.481 e. The van der Waals surface area contributed by atoms with Crippen LogP contribution in [0.2, 0.25) is 0 Å². The molecule has 35 heavy (non-hydrogen) atoms. The average Bonchev–Trinajstić information content (AvgIpc) is 3.27. The first kappa shape index (κ1) is 24.7. The third-order valence-electron chi connectivity index (χ3n) is 5.63. The fraction of sp³-hybridized carbons (Fsp3) is 0.231. The molecule has 0 saturated carbocycles. The van der Waals surface area contributed by atoms with E-state index in [1.807, 2.05) is 60.9 Å². The van der Waals surface area contributed by atoms with Gasteiger partial charge in [0.15, 0.2) is 5.13 Å². The van der Waals surface area contributed by atoms with Gasteiger partial charge in [0, 0.05) is 16.0 Å². The number of thiazole rings is 1. The van der Waals surface area contributed by atoms with Gasteiger partial charge < -0.3 is 15.7 Å². The van der Waals surface area contributed by atoms with Crippen LogP contribution in [-0.2, 0) is 14.4 Å². The highest BCUT2D eigenvalue weighted by molar-refractivity contribution is 8.00. The number of benzene rings is 2. The van der Waals surface area contributed by atoms with E-state index in [4.69, 9.17) is 0 Å². The van der Waals surface area contributed by atoms with Crippen LogP contribution in [0.1, 0.15) is 29.3 Å². The van der Waals surface area contributed by atoms with Crippen molar-refractivity contribution in [3.63, 3.8) is 0 Å². The lowest BCUT2D eigenvalue weighted by Crippen LogP contribution is -2.34. The molecule has 2 amide bonds. The van der Waals surface area contributed by atoms with Gasteiger partial charge in [-0.15, -0.1) is 23.1 Å². The highest BCUT2D eigenvalue weighted by Crippen LogP contribution is 2.37. The number of amides is 2. The van der Waals surface area contributed by atoms with Crippen molar-refractivity contribution in [1.82, 2.24) is 4.98 Å². The van der Waals surface area contributed by atoms with Crippen LogP contribution in [0, 0.1) is 18.8 Å². The Kier molecular flexibility index (Phi) is 7.99. The number of aryl methyl sites for hydroxylation is 1. The van der Waals surface area contributed by atoms with Crippen LogP contribution in [0.15, 0.2) is 77.0 Å². The summed E-state index contributed by atoms with van der Waals surface area (Å²) in [7, 11) is 0. The molecular formula is C26H25N3O4S2. The van der Waals surface area contributed by atoms with E-state index in [9.17, 15) is 19.5 Å². The molecule has 9 heteroatoms. The van der Waals surface area contributed by atoms with Gasteiger partial charge in [-0.1, -0.05) is 48.6 Å². The number of carboxylic acids is 1. The van der Waals surface area contributed by atoms with Crippen LogP contribution in [0.5, 0.6) is 0 Å². The lowest BCUT2D eigenvalue weighted by atomic mass is 9.82. The molecule has 0 radical (unpaired) electrons. The van der Waals surface area contributed by atoms with Gasteiger partial charge in [-0.3, -0.25) is 14.4 Å². The van der Waals surface area contributed by atoms with E-state index in [-0.39, 0.29) is 11.8 Å². The average molecular weight is 508 g/mol. The maximum atomic E-state index is 13.2. The molecule has 0 aliphatic heterocycles. The molecule has 7 nitrogen and oxygen atoms in total. The SMILES string of the molecule is Cc1csc(NC(=O)C(Sc2cccc(NC(=O)C3CC=CCC3C(=O)O)c2)c2ccccc2)n1. The molecule has 3 atom stereocenters. The fourth-order valence-electron chi connectivity index (χ4n) is 3.88. The van der Waals surface area contributed by atoms with E-state index in [1.54, 1.807) is 18.2 Å².